The number of hydrogen-bond acceptors (Lipinski definition) is 2. The molecule has 2 rings (SSSR count). The summed E-state index contributed by atoms with van der Waals surface area (Å²) in [5.74, 6) is 0. The van der Waals surface area contributed by atoms with Gasteiger partial charge in [-0.25, -0.2) is 0 Å². The predicted octanol–water partition coefficient (Wildman–Crippen LogP) is 4.02. The normalized spacial score (nSPS) is 12.6. The minimum absolute atomic E-state index is 0.0994. The Morgan fingerprint density at radius 3 is 2.76 bits per heavy atom. The highest BCUT2D eigenvalue weighted by molar-refractivity contribution is 6.31. The third kappa shape index (κ3) is 2.90. The standard InChI is InChI=1S/C14H16ClNO/c1-2-8-16-14(11-7-9-17-10-11)12-5-3-4-6-13(12)15/h3-7,9-10,14,16H,2,8H2,1H3. The number of rotatable bonds is 5. The van der Waals surface area contributed by atoms with E-state index in [0.29, 0.717) is 0 Å². The number of halogens is 1. The van der Waals surface area contributed by atoms with Crippen molar-refractivity contribution < 1.29 is 4.42 Å². The van der Waals surface area contributed by atoms with Gasteiger partial charge in [-0.1, -0.05) is 36.7 Å². The van der Waals surface area contributed by atoms with E-state index in [4.69, 9.17) is 16.0 Å². The minimum atomic E-state index is 0.0994. The van der Waals surface area contributed by atoms with Crippen LogP contribution >= 0.6 is 11.6 Å². The predicted molar refractivity (Wildman–Crippen MR) is 70.3 cm³/mol. The van der Waals surface area contributed by atoms with Crippen LogP contribution in [0.5, 0.6) is 0 Å². The average Bonchev–Trinajstić information content (AvgIpc) is 2.85. The van der Waals surface area contributed by atoms with E-state index in [1.165, 1.54) is 0 Å². The van der Waals surface area contributed by atoms with Crippen molar-refractivity contribution in [1.29, 1.82) is 0 Å². The lowest BCUT2D eigenvalue weighted by Gasteiger charge is -2.18. The van der Waals surface area contributed by atoms with Crippen LogP contribution in [0.25, 0.3) is 0 Å². The van der Waals surface area contributed by atoms with Gasteiger partial charge in [0.25, 0.3) is 0 Å². The Labute approximate surface area is 107 Å². The Balaban J connectivity index is 2.30. The van der Waals surface area contributed by atoms with E-state index >= 15 is 0 Å². The van der Waals surface area contributed by atoms with Gasteiger partial charge in [-0.3, -0.25) is 0 Å². The van der Waals surface area contributed by atoms with Crippen molar-refractivity contribution >= 4 is 11.6 Å². The van der Waals surface area contributed by atoms with Crippen LogP contribution in [0.2, 0.25) is 5.02 Å². The Morgan fingerprint density at radius 2 is 2.12 bits per heavy atom. The summed E-state index contributed by atoms with van der Waals surface area (Å²) >= 11 is 6.24. The summed E-state index contributed by atoms with van der Waals surface area (Å²) in [5.41, 5.74) is 2.19. The second kappa shape index (κ2) is 5.89. The van der Waals surface area contributed by atoms with E-state index < -0.39 is 0 Å². The highest BCUT2D eigenvalue weighted by Crippen LogP contribution is 2.28. The molecule has 1 aromatic heterocycles. The van der Waals surface area contributed by atoms with Crippen LogP contribution in [0, 0.1) is 0 Å². The lowest BCUT2D eigenvalue weighted by Crippen LogP contribution is -2.23. The first-order valence-electron chi connectivity index (χ1n) is 5.83. The Morgan fingerprint density at radius 1 is 1.29 bits per heavy atom. The first-order valence-corrected chi connectivity index (χ1v) is 6.20. The maximum Gasteiger partial charge on any atom is 0.0953 e. The average molecular weight is 250 g/mol. The molecule has 1 atom stereocenters. The number of benzene rings is 1. The van der Waals surface area contributed by atoms with Gasteiger partial charge in [0.05, 0.1) is 18.6 Å². The fourth-order valence-corrected chi connectivity index (χ4v) is 2.09. The highest BCUT2D eigenvalue weighted by Gasteiger charge is 2.16. The summed E-state index contributed by atoms with van der Waals surface area (Å²) in [5, 5.41) is 4.26. The van der Waals surface area contributed by atoms with Gasteiger partial charge in [0.15, 0.2) is 0 Å². The van der Waals surface area contributed by atoms with E-state index in [1.54, 1.807) is 12.5 Å². The molecule has 0 fully saturated rings. The van der Waals surface area contributed by atoms with Crippen LogP contribution in [0.1, 0.15) is 30.5 Å². The smallest absolute Gasteiger partial charge is 0.0953 e. The summed E-state index contributed by atoms with van der Waals surface area (Å²) < 4.78 is 5.15. The van der Waals surface area contributed by atoms with Crippen LogP contribution < -0.4 is 5.32 Å². The van der Waals surface area contributed by atoms with Crippen LogP contribution in [-0.2, 0) is 0 Å². The van der Waals surface area contributed by atoms with Crippen molar-refractivity contribution in [1.82, 2.24) is 5.32 Å². The minimum Gasteiger partial charge on any atom is -0.472 e. The zero-order valence-corrected chi connectivity index (χ0v) is 10.6. The molecule has 2 aromatic rings. The molecule has 0 aliphatic heterocycles. The van der Waals surface area contributed by atoms with Gasteiger partial charge in [-0.2, -0.15) is 0 Å². The number of nitrogens with one attached hydrogen (secondary N) is 1. The van der Waals surface area contributed by atoms with Gasteiger partial charge >= 0.3 is 0 Å². The van der Waals surface area contributed by atoms with Crippen molar-refractivity contribution in [3.05, 3.63) is 59.0 Å². The second-order valence-corrected chi connectivity index (χ2v) is 4.37. The molecule has 1 aromatic carbocycles. The second-order valence-electron chi connectivity index (χ2n) is 3.97. The first kappa shape index (κ1) is 12.2. The summed E-state index contributed by atoms with van der Waals surface area (Å²) in [6.45, 7) is 3.09. The molecule has 0 bridgehead atoms. The molecule has 0 saturated heterocycles. The van der Waals surface area contributed by atoms with Crippen LogP contribution in [0.3, 0.4) is 0 Å². The molecular weight excluding hydrogens is 234 g/mol. The maximum absolute atomic E-state index is 6.24. The summed E-state index contributed by atoms with van der Waals surface area (Å²) in [4.78, 5) is 0. The quantitative estimate of drug-likeness (QED) is 0.866. The van der Waals surface area contributed by atoms with Gasteiger partial charge in [0.1, 0.15) is 0 Å². The van der Waals surface area contributed by atoms with E-state index in [-0.39, 0.29) is 6.04 Å². The van der Waals surface area contributed by atoms with Gasteiger partial charge in [0, 0.05) is 10.6 Å². The zero-order valence-electron chi connectivity index (χ0n) is 9.82. The van der Waals surface area contributed by atoms with Crippen LogP contribution in [0.4, 0.5) is 0 Å². The monoisotopic (exact) mass is 249 g/mol. The van der Waals surface area contributed by atoms with E-state index in [0.717, 1.165) is 29.1 Å². The molecule has 17 heavy (non-hydrogen) atoms. The Hall–Kier alpha value is -1.25. The van der Waals surface area contributed by atoms with Crippen molar-refractivity contribution in [3.63, 3.8) is 0 Å². The maximum atomic E-state index is 6.24. The molecule has 2 nitrogen and oxygen atoms in total. The van der Waals surface area contributed by atoms with Crippen LogP contribution in [-0.4, -0.2) is 6.54 Å². The van der Waals surface area contributed by atoms with E-state index in [1.807, 2.05) is 30.3 Å². The molecule has 0 aliphatic carbocycles. The molecule has 1 heterocycles. The third-order valence-electron chi connectivity index (χ3n) is 2.69. The van der Waals surface area contributed by atoms with E-state index in [9.17, 15) is 0 Å². The molecule has 3 heteroatoms. The van der Waals surface area contributed by atoms with Gasteiger partial charge in [0.2, 0.25) is 0 Å². The van der Waals surface area contributed by atoms with E-state index in [2.05, 4.69) is 12.2 Å². The topological polar surface area (TPSA) is 25.2 Å². The fraction of sp³-hybridized carbons (Fsp3) is 0.286. The van der Waals surface area contributed by atoms with Crippen molar-refractivity contribution in [2.24, 2.45) is 0 Å². The molecule has 0 spiro atoms. The molecule has 0 aliphatic rings. The SMILES string of the molecule is CCCNC(c1ccoc1)c1ccccc1Cl. The Kier molecular flexibility index (Phi) is 4.24. The molecule has 90 valence electrons. The fourth-order valence-electron chi connectivity index (χ4n) is 1.84. The largest absolute Gasteiger partial charge is 0.472 e. The van der Waals surface area contributed by atoms with Gasteiger partial charge < -0.3 is 9.73 Å². The molecule has 1 N–H and O–H groups in total. The number of hydrogen-bond donors (Lipinski definition) is 1. The zero-order chi connectivity index (χ0) is 12.1. The summed E-state index contributed by atoms with van der Waals surface area (Å²) in [6, 6.07) is 9.97. The molecule has 0 saturated carbocycles. The number of furan rings is 1. The molecule has 0 amide bonds. The summed E-state index contributed by atoms with van der Waals surface area (Å²) in [7, 11) is 0. The lowest BCUT2D eigenvalue weighted by molar-refractivity contribution is 0.548. The summed E-state index contributed by atoms with van der Waals surface area (Å²) in [6.07, 6.45) is 4.53. The third-order valence-corrected chi connectivity index (χ3v) is 3.04. The molecule has 1 unspecified atom stereocenters. The van der Waals surface area contributed by atoms with Crippen molar-refractivity contribution in [2.75, 3.05) is 6.54 Å². The molecular formula is C14H16ClNO. The highest BCUT2D eigenvalue weighted by atomic mass is 35.5. The van der Waals surface area contributed by atoms with Gasteiger partial charge in [-0.15, -0.1) is 0 Å². The molecule has 0 radical (unpaired) electrons. The first-order chi connectivity index (χ1) is 8.33. The van der Waals surface area contributed by atoms with Gasteiger partial charge in [-0.05, 0) is 30.7 Å². The van der Waals surface area contributed by atoms with Crippen molar-refractivity contribution in [3.8, 4) is 0 Å². The van der Waals surface area contributed by atoms with Crippen LogP contribution in [0.15, 0.2) is 47.3 Å². The Bertz CT molecular complexity index is 453. The lowest BCUT2D eigenvalue weighted by atomic mass is 10.0. The van der Waals surface area contributed by atoms with Crippen molar-refractivity contribution in [2.45, 2.75) is 19.4 Å².